The van der Waals surface area contributed by atoms with Crippen LogP contribution in [0.4, 0.5) is 4.79 Å². The minimum atomic E-state index is 0.0265. The Kier molecular flexibility index (Phi) is 13.9. The van der Waals surface area contributed by atoms with Crippen LogP contribution in [0.25, 0.3) is 6.08 Å². The van der Waals surface area contributed by atoms with Gasteiger partial charge >= 0.3 is 6.03 Å². The van der Waals surface area contributed by atoms with Gasteiger partial charge in [-0.2, -0.15) is 0 Å². The summed E-state index contributed by atoms with van der Waals surface area (Å²) in [5.41, 5.74) is 3.66. The third kappa shape index (κ3) is 11.1. The predicted molar refractivity (Wildman–Crippen MR) is 150 cm³/mol. The molecule has 1 N–H and O–H groups in total. The fourth-order valence-corrected chi connectivity index (χ4v) is 4.41. The Labute approximate surface area is 214 Å². The van der Waals surface area contributed by atoms with E-state index in [2.05, 4.69) is 91.4 Å². The lowest BCUT2D eigenvalue weighted by molar-refractivity contribution is 0.177. The molecular formula is C31H47N3O. The number of benzene rings is 2. The van der Waals surface area contributed by atoms with E-state index in [-0.39, 0.29) is 12.1 Å². The summed E-state index contributed by atoms with van der Waals surface area (Å²) < 4.78 is 0. The number of rotatable bonds is 16. The Balaban J connectivity index is 2.16. The van der Waals surface area contributed by atoms with Gasteiger partial charge in [-0.1, -0.05) is 106 Å². The molecule has 2 aromatic rings. The third-order valence-corrected chi connectivity index (χ3v) is 6.72. The second-order valence-electron chi connectivity index (χ2n) is 9.46. The van der Waals surface area contributed by atoms with Gasteiger partial charge in [-0.15, -0.1) is 0 Å². The molecule has 0 bridgehead atoms. The van der Waals surface area contributed by atoms with E-state index in [1.807, 2.05) is 18.2 Å². The summed E-state index contributed by atoms with van der Waals surface area (Å²) in [6, 6.07) is 20.9. The Morgan fingerprint density at radius 2 is 1.57 bits per heavy atom. The number of hydrogen-bond acceptors (Lipinski definition) is 2. The molecule has 4 heteroatoms. The van der Waals surface area contributed by atoms with Gasteiger partial charge < -0.3 is 15.1 Å². The lowest BCUT2D eigenvalue weighted by Gasteiger charge is -2.31. The molecule has 0 aliphatic carbocycles. The highest BCUT2D eigenvalue weighted by Gasteiger charge is 2.21. The first kappa shape index (κ1) is 28.6. The zero-order valence-electron chi connectivity index (χ0n) is 22.5. The first-order valence-corrected chi connectivity index (χ1v) is 13.6. The Hall–Kier alpha value is -2.59. The summed E-state index contributed by atoms with van der Waals surface area (Å²) >= 11 is 0. The van der Waals surface area contributed by atoms with E-state index in [1.165, 1.54) is 24.0 Å². The topological polar surface area (TPSA) is 35.6 Å². The zero-order chi connectivity index (χ0) is 25.3. The van der Waals surface area contributed by atoms with Crippen molar-refractivity contribution in [3.63, 3.8) is 0 Å². The van der Waals surface area contributed by atoms with Crippen LogP contribution in [0.2, 0.25) is 0 Å². The molecule has 1 atom stereocenters. The molecule has 0 aromatic heterocycles. The number of urea groups is 1. The number of carbonyl (C=O) groups is 1. The van der Waals surface area contributed by atoms with E-state index >= 15 is 0 Å². The van der Waals surface area contributed by atoms with Crippen molar-refractivity contribution in [2.45, 2.75) is 78.8 Å². The van der Waals surface area contributed by atoms with E-state index in [4.69, 9.17) is 0 Å². The maximum Gasteiger partial charge on any atom is 0.318 e. The maximum absolute atomic E-state index is 13.5. The summed E-state index contributed by atoms with van der Waals surface area (Å²) in [6.45, 7) is 13.3. The highest BCUT2D eigenvalue weighted by molar-refractivity contribution is 5.75. The molecule has 4 nitrogen and oxygen atoms in total. The van der Waals surface area contributed by atoms with E-state index in [1.54, 1.807) is 0 Å². The van der Waals surface area contributed by atoms with Crippen molar-refractivity contribution < 1.29 is 4.79 Å². The standard InChI is InChI=1S/C31H47N3O/c1-5-8-11-22-30(24-28-18-12-9-13-19-28)26-34(27(4)17-16-23-33(6-2)7-3)31(35)32-25-29-20-14-10-15-21-29/h9-10,12-15,18-21,24,27H,5-8,11,16-17,22-23,25-26H2,1-4H3,(H,32,35). The SMILES string of the molecule is CCCCCC(=Cc1ccccc1)CN(C(=O)NCc1ccccc1)C(C)CCCN(CC)CC. The minimum absolute atomic E-state index is 0.0265. The summed E-state index contributed by atoms with van der Waals surface area (Å²) in [5.74, 6) is 0. The lowest BCUT2D eigenvalue weighted by Crippen LogP contribution is -2.46. The molecule has 0 saturated heterocycles. The molecule has 192 valence electrons. The molecule has 0 fully saturated rings. The van der Waals surface area contributed by atoms with Gasteiger partial charge in [0.2, 0.25) is 0 Å². The quantitative estimate of drug-likeness (QED) is 0.256. The fraction of sp³-hybridized carbons (Fsp3) is 0.516. The first-order valence-electron chi connectivity index (χ1n) is 13.6. The van der Waals surface area contributed by atoms with E-state index < -0.39 is 0 Å². The van der Waals surface area contributed by atoms with Crippen LogP contribution in [0.3, 0.4) is 0 Å². The van der Waals surface area contributed by atoms with E-state index in [0.717, 1.165) is 50.9 Å². The number of nitrogens with zero attached hydrogens (tertiary/aromatic N) is 2. The summed E-state index contributed by atoms with van der Waals surface area (Å²) in [7, 11) is 0. The lowest BCUT2D eigenvalue weighted by atomic mass is 10.0. The fourth-order valence-electron chi connectivity index (χ4n) is 4.41. The normalized spacial score (nSPS) is 12.5. The molecular weight excluding hydrogens is 430 g/mol. The van der Waals surface area contributed by atoms with Gasteiger partial charge in [-0.3, -0.25) is 0 Å². The van der Waals surface area contributed by atoms with Gasteiger partial charge in [0.1, 0.15) is 0 Å². The second-order valence-corrected chi connectivity index (χ2v) is 9.46. The largest absolute Gasteiger partial charge is 0.334 e. The minimum Gasteiger partial charge on any atom is -0.334 e. The number of amides is 2. The highest BCUT2D eigenvalue weighted by Crippen LogP contribution is 2.19. The molecule has 0 heterocycles. The molecule has 0 spiro atoms. The number of unbranched alkanes of at least 4 members (excludes halogenated alkanes) is 2. The van der Waals surface area contributed by atoms with Crippen molar-refractivity contribution in [3.05, 3.63) is 77.4 Å². The Morgan fingerprint density at radius 1 is 0.914 bits per heavy atom. The van der Waals surface area contributed by atoms with Crippen molar-refractivity contribution in [1.82, 2.24) is 15.1 Å². The van der Waals surface area contributed by atoms with E-state index in [9.17, 15) is 4.79 Å². The molecule has 2 amide bonds. The third-order valence-electron chi connectivity index (χ3n) is 6.72. The van der Waals surface area contributed by atoms with Gasteiger partial charge in [0.05, 0.1) is 0 Å². The van der Waals surface area contributed by atoms with Crippen molar-refractivity contribution in [2.75, 3.05) is 26.2 Å². The molecule has 1 unspecified atom stereocenters. The van der Waals surface area contributed by atoms with Gasteiger partial charge in [0.15, 0.2) is 0 Å². The highest BCUT2D eigenvalue weighted by atomic mass is 16.2. The number of carbonyl (C=O) groups excluding carboxylic acids is 1. The molecule has 0 aliphatic rings. The van der Waals surface area contributed by atoms with Crippen LogP contribution in [0.1, 0.15) is 77.3 Å². The summed E-state index contributed by atoms with van der Waals surface area (Å²) in [4.78, 5) is 18.0. The van der Waals surface area contributed by atoms with Crippen LogP contribution in [-0.2, 0) is 6.54 Å². The molecule has 2 rings (SSSR count). The second kappa shape index (κ2) is 16.9. The summed E-state index contributed by atoms with van der Waals surface area (Å²) in [5, 5.41) is 3.19. The Morgan fingerprint density at radius 3 is 2.20 bits per heavy atom. The predicted octanol–water partition coefficient (Wildman–Crippen LogP) is 7.37. The molecule has 2 aromatic carbocycles. The van der Waals surface area contributed by atoms with Gasteiger partial charge in [-0.25, -0.2) is 4.79 Å². The Bertz CT molecular complexity index is 846. The van der Waals surface area contributed by atoms with Crippen molar-refractivity contribution in [2.24, 2.45) is 0 Å². The van der Waals surface area contributed by atoms with Crippen LogP contribution >= 0.6 is 0 Å². The maximum atomic E-state index is 13.5. The molecule has 0 aliphatic heterocycles. The number of nitrogens with one attached hydrogen (secondary N) is 1. The van der Waals surface area contributed by atoms with Crippen LogP contribution in [0.15, 0.2) is 66.2 Å². The van der Waals surface area contributed by atoms with Crippen LogP contribution in [-0.4, -0.2) is 48.1 Å². The molecule has 0 saturated carbocycles. The smallest absolute Gasteiger partial charge is 0.318 e. The van der Waals surface area contributed by atoms with Crippen LogP contribution < -0.4 is 5.32 Å². The van der Waals surface area contributed by atoms with Crippen molar-refractivity contribution in [3.8, 4) is 0 Å². The zero-order valence-corrected chi connectivity index (χ0v) is 22.5. The molecule has 35 heavy (non-hydrogen) atoms. The number of hydrogen-bond donors (Lipinski definition) is 1. The van der Waals surface area contributed by atoms with Crippen LogP contribution in [0.5, 0.6) is 0 Å². The van der Waals surface area contributed by atoms with Crippen molar-refractivity contribution in [1.29, 1.82) is 0 Å². The monoisotopic (exact) mass is 477 g/mol. The van der Waals surface area contributed by atoms with Gasteiger partial charge in [0.25, 0.3) is 0 Å². The van der Waals surface area contributed by atoms with Crippen molar-refractivity contribution >= 4 is 12.1 Å². The van der Waals surface area contributed by atoms with E-state index in [0.29, 0.717) is 13.1 Å². The summed E-state index contributed by atoms with van der Waals surface area (Å²) in [6.07, 6.45) is 8.98. The van der Waals surface area contributed by atoms with Gasteiger partial charge in [0, 0.05) is 19.1 Å². The van der Waals surface area contributed by atoms with Crippen LogP contribution in [0, 0.1) is 0 Å². The average Bonchev–Trinajstić information content (AvgIpc) is 2.89. The average molecular weight is 478 g/mol. The molecule has 0 radical (unpaired) electrons. The first-order chi connectivity index (χ1) is 17.1. The van der Waals surface area contributed by atoms with Gasteiger partial charge in [-0.05, 0) is 63.4 Å².